The third-order valence-corrected chi connectivity index (χ3v) is 3.50. The Balaban J connectivity index is 2.83. The summed E-state index contributed by atoms with van der Waals surface area (Å²) < 4.78 is 3.24. The van der Waals surface area contributed by atoms with Crippen molar-refractivity contribution in [3.05, 3.63) is 27.2 Å². The van der Waals surface area contributed by atoms with Crippen LogP contribution in [0.2, 0.25) is 0 Å². The maximum absolute atomic E-state index is 12.0. The highest BCUT2D eigenvalue weighted by molar-refractivity contribution is 5.70. The zero-order valence-corrected chi connectivity index (χ0v) is 11.4. The zero-order chi connectivity index (χ0) is 14.2. The van der Waals surface area contributed by atoms with Crippen molar-refractivity contribution in [2.75, 3.05) is 6.54 Å². The summed E-state index contributed by atoms with van der Waals surface area (Å²) in [6, 6.07) is -0.0719. The number of fused-ring (bicyclic) bond motifs is 1. The summed E-state index contributed by atoms with van der Waals surface area (Å²) in [5, 5.41) is 0. The van der Waals surface area contributed by atoms with E-state index >= 15 is 0 Å². The van der Waals surface area contributed by atoms with Gasteiger partial charge in [-0.3, -0.25) is 14.3 Å². The quantitative estimate of drug-likeness (QED) is 0.834. The van der Waals surface area contributed by atoms with Crippen LogP contribution in [0.15, 0.2) is 15.9 Å². The largest absolute Gasteiger partial charge is 0.330 e. The molecule has 2 atom stereocenters. The van der Waals surface area contributed by atoms with Crippen LogP contribution in [0, 0.1) is 0 Å². The lowest BCUT2D eigenvalue weighted by atomic mass is 10.2. The van der Waals surface area contributed by atoms with Gasteiger partial charge < -0.3 is 10.3 Å². The summed E-state index contributed by atoms with van der Waals surface area (Å²) in [6.45, 7) is 6.20. The van der Waals surface area contributed by atoms with Gasteiger partial charge in [-0.15, -0.1) is 0 Å². The molecular formula is C12H19N5O2. The average molecular weight is 265 g/mol. The normalized spacial score (nSPS) is 14.7. The highest BCUT2D eigenvalue weighted by Gasteiger charge is 2.18. The second-order valence-electron chi connectivity index (χ2n) is 4.80. The lowest BCUT2D eigenvalue weighted by Gasteiger charge is -2.14. The van der Waals surface area contributed by atoms with E-state index in [2.05, 4.69) is 9.97 Å². The van der Waals surface area contributed by atoms with Crippen LogP contribution >= 0.6 is 0 Å². The third-order valence-electron chi connectivity index (χ3n) is 3.50. The van der Waals surface area contributed by atoms with Gasteiger partial charge in [0.25, 0.3) is 5.56 Å². The van der Waals surface area contributed by atoms with E-state index in [4.69, 9.17) is 5.73 Å². The topological polar surface area (TPSA) is 98.7 Å². The van der Waals surface area contributed by atoms with E-state index in [9.17, 15) is 9.59 Å². The maximum atomic E-state index is 12.0. The molecule has 0 aliphatic heterocycles. The fourth-order valence-electron chi connectivity index (χ4n) is 2.10. The molecule has 0 saturated heterocycles. The Bertz CT molecular complexity index is 696. The molecule has 0 fully saturated rings. The van der Waals surface area contributed by atoms with Gasteiger partial charge >= 0.3 is 5.69 Å². The Kier molecular flexibility index (Phi) is 3.57. The average Bonchev–Trinajstić information content (AvgIpc) is 2.82. The molecule has 3 N–H and O–H groups in total. The molecule has 0 aromatic carbocycles. The minimum atomic E-state index is -0.419. The number of nitrogens with two attached hydrogens (primary N) is 1. The van der Waals surface area contributed by atoms with E-state index in [0.29, 0.717) is 17.7 Å². The summed E-state index contributed by atoms with van der Waals surface area (Å²) in [7, 11) is 0. The molecule has 2 aromatic heterocycles. The minimum absolute atomic E-state index is 0.0246. The molecule has 2 aromatic rings. The first-order valence-electron chi connectivity index (χ1n) is 6.42. The number of nitrogens with zero attached hydrogens (tertiary/aromatic N) is 3. The molecule has 2 unspecified atom stereocenters. The smallest absolute Gasteiger partial charge is 0.328 e. The van der Waals surface area contributed by atoms with Crippen LogP contribution in [-0.2, 0) is 0 Å². The van der Waals surface area contributed by atoms with Gasteiger partial charge in [0.1, 0.15) is 0 Å². The molecule has 0 spiro atoms. The molecule has 0 radical (unpaired) electrons. The first-order valence-corrected chi connectivity index (χ1v) is 6.42. The van der Waals surface area contributed by atoms with Crippen molar-refractivity contribution in [1.82, 2.24) is 19.1 Å². The number of aromatic amines is 1. The highest BCUT2D eigenvalue weighted by Crippen LogP contribution is 2.16. The number of imidazole rings is 1. The van der Waals surface area contributed by atoms with Crippen molar-refractivity contribution in [3.63, 3.8) is 0 Å². The molecule has 0 saturated carbocycles. The van der Waals surface area contributed by atoms with Gasteiger partial charge in [-0.2, -0.15) is 0 Å². The Morgan fingerprint density at radius 2 is 2.05 bits per heavy atom. The lowest BCUT2D eigenvalue weighted by molar-refractivity contribution is 0.516. The van der Waals surface area contributed by atoms with Crippen LogP contribution in [0.1, 0.15) is 39.3 Å². The molecule has 7 heteroatoms. The van der Waals surface area contributed by atoms with Crippen LogP contribution in [0.3, 0.4) is 0 Å². The van der Waals surface area contributed by atoms with Crippen molar-refractivity contribution in [3.8, 4) is 0 Å². The van der Waals surface area contributed by atoms with Crippen molar-refractivity contribution in [2.24, 2.45) is 5.73 Å². The first kappa shape index (κ1) is 13.5. The van der Waals surface area contributed by atoms with Crippen molar-refractivity contribution in [1.29, 1.82) is 0 Å². The summed E-state index contributed by atoms with van der Waals surface area (Å²) in [5.74, 6) is 0. The summed E-state index contributed by atoms with van der Waals surface area (Å²) in [5.41, 5.74) is 5.61. The van der Waals surface area contributed by atoms with Gasteiger partial charge in [0.15, 0.2) is 11.2 Å². The standard InChI is InChI=1S/C12H19N5O2/c1-4-7(2)17-10-9(11(18)15-12(17)19)16(6-14-10)8(3)5-13/h6-8H,4-5,13H2,1-3H3,(H,15,18,19). The molecule has 0 amide bonds. The van der Waals surface area contributed by atoms with Crippen LogP contribution in [-0.4, -0.2) is 25.6 Å². The minimum Gasteiger partial charge on any atom is -0.328 e. The van der Waals surface area contributed by atoms with E-state index in [0.717, 1.165) is 6.42 Å². The molecule has 7 nitrogen and oxygen atoms in total. The van der Waals surface area contributed by atoms with E-state index in [1.54, 1.807) is 10.9 Å². The van der Waals surface area contributed by atoms with Gasteiger partial charge in [0.2, 0.25) is 0 Å². The monoisotopic (exact) mass is 265 g/mol. The lowest BCUT2D eigenvalue weighted by Crippen LogP contribution is -2.33. The molecule has 2 heterocycles. The van der Waals surface area contributed by atoms with Crippen molar-refractivity contribution in [2.45, 2.75) is 39.3 Å². The molecular weight excluding hydrogens is 246 g/mol. The van der Waals surface area contributed by atoms with Crippen LogP contribution in [0.25, 0.3) is 11.2 Å². The van der Waals surface area contributed by atoms with Gasteiger partial charge in [-0.05, 0) is 20.3 Å². The predicted molar refractivity (Wildman–Crippen MR) is 73.4 cm³/mol. The Labute approximate surface area is 110 Å². The molecule has 0 bridgehead atoms. The second-order valence-corrected chi connectivity index (χ2v) is 4.80. The Morgan fingerprint density at radius 1 is 1.37 bits per heavy atom. The van der Waals surface area contributed by atoms with E-state index in [-0.39, 0.29) is 12.1 Å². The van der Waals surface area contributed by atoms with Gasteiger partial charge in [0.05, 0.1) is 6.33 Å². The van der Waals surface area contributed by atoms with E-state index in [1.165, 1.54) is 4.57 Å². The number of rotatable bonds is 4. The summed E-state index contributed by atoms with van der Waals surface area (Å²) in [4.78, 5) is 30.5. The fourth-order valence-corrected chi connectivity index (χ4v) is 2.10. The predicted octanol–water partition coefficient (Wildman–Crippen LogP) is 0.377. The molecule has 104 valence electrons. The van der Waals surface area contributed by atoms with E-state index < -0.39 is 11.2 Å². The highest BCUT2D eigenvalue weighted by atomic mass is 16.2. The molecule has 0 aliphatic rings. The number of nitrogens with one attached hydrogen (secondary N) is 1. The Hall–Kier alpha value is -1.89. The van der Waals surface area contributed by atoms with Crippen LogP contribution < -0.4 is 17.0 Å². The molecule has 0 aliphatic carbocycles. The van der Waals surface area contributed by atoms with Crippen molar-refractivity contribution < 1.29 is 0 Å². The molecule has 19 heavy (non-hydrogen) atoms. The fraction of sp³-hybridized carbons (Fsp3) is 0.583. The first-order chi connectivity index (χ1) is 9.01. The van der Waals surface area contributed by atoms with Gasteiger partial charge in [-0.25, -0.2) is 9.78 Å². The Morgan fingerprint density at radius 3 is 2.63 bits per heavy atom. The zero-order valence-electron chi connectivity index (χ0n) is 11.4. The van der Waals surface area contributed by atoms with E-state index in [1.807, 2.05) is 20.8 Å². The van der Waals surface area contributed by atoms with Crippen molar-refractivity contribution >= 4 is 11.2 Å². The van der Waals surface area contributed by atoms with Gasteiger partial charge in [0, 0.05) is 18.6 Å². The third kappa shape index (κ3) is 2.10. The second kappa shape index (κ2) is 5.00. The maximum Gasteiger partial charge on any atom is 0.330 e. The number of hydrogen-bond acceptors (Lipinski definition) is 4. The summed E-state index contributed by atoms with van der Waals surface area (Å²) >= 11 is 0. The SMILES string of the molecule is CCC(C)n1c(=O)[nH]c(=O)c2c1ncn2C(C)CN. The number of aromatic nitrogens is 4. The molecule has 2 rings (SSSR count). The van der Waals surface area contributed by atoms with Crippen LogP contribution in [0.4, 0.5) is 0 Å². The van der Waals surface area contributed by atoms with Gasteiger partial charge in [-0.1, -0.05) is 6.92 Å². The number of hydrogen-bond donors (Lipinski definition) is 2. The number of H-pyrrole nitrogens is 1. The van der Waals surface area contributed by atoms with Crippen LogP contribution in [0.5, 0.6) is 0 Å². The summed E-state index contributed by atoms with van der Waals surface area (Å²) in [6.07, 6.45) is 2.34.